The van der Waals surface area contributed by atoms with Crippen molar-refractivity contribution in [3.8, 4) is 5.69 Å². The van der Waals surface area contributed by atoms with E-state index in [9.17, 15) is 0 Å². The average Bonchev–Trinajstić information content (AvgIpc) is 3.36. The van der Waals surface area contributed by atoms with Crippen LogP contribution in [0.5, 0.6) is 0 Å². The smallest absolute Gasteiger partial charge is 0.134 e. The topological polar surface area (TPSA) is 47.1 Å². The molecule has 0 unspecified atom stereocenters. The zero-order valence-electron chi connectivity index (χ0n) is 14.9. The zero-order chi connectivity index (χ0) is 17.5. The third-order valence-corrected chi connectivity index (χ3v) is 5.51. The predicted molar refractivity (Wildman–Crippen MR) is 103 cm³/mol. The molecule has 3 aromatic heterocycles. The van der Waals surface area contributed by atoms with Crippen molar-refractivity contribution in [3.63, 3.8) is 0 Å². The van der Waals surface area contributed by atoms with E-state index in [4.69, 9.17) is 4.42 Å². The fraction of sp³-hybridized carbons (Fsp3) is 0.333. The van der Waals surface area contributed by atoms with E-state index in [2.05, 4.69) is 50.6 Å². The Morgan fingerprint density at radius 1 is 1.23 bits per heavy atom. The Morgan fingerprint density at radius 3 is 3.08 bits per heavy atom. The Kier molecular flexibility index (Phi) is 3.75. The molecule has 26 heavy (non-hydrogen) atoms. The summed E-state index contributed by atoms with van der Waals surface area (Å²) in [6.45, 7) is 4.61. The van der Waals surface area contributed by atoms with Crippen molar-refractivity contribution in [1.29, 1.82) is 0 Å². The second-order valence-corrected chi connectivity index (χ2v) is 7.19. The van der Waals surface area contributed by atoms with Crippen molar-refractivity contribution in [2.24, 2.45) is 0 Å². The highest BCUT2D eigenvalue weighted by Crippen LogP contribution is 2.25. The lowest BCUT2D eigenvalue weighted by Gasteiger charge is -2.19. The Labute approximate surface area is 152 Å². The van der Waals surface area contributed by atoms with Gasteiger partial charge in [-0.05, 0) is 56.6 Å². The van der Waals surface area contributed by atoms with E-state index in [1.807, 2.05) is 18.6 Å². The summed E-state index contributed by atoms with van der Waals surface area (Å²) in [4.78, 5) is 11.2. The molecule has 1 aliphatic heterocycles. The first-order valence-electron chi connectivity index (χ1n) is 9.32. The molecule has 0 saturated carbocycles. The first-order chi connectivity index (χ1) is 12.8. The van der Waals surface area contributed by atoms with Gasteiger partial charge in [-0.1, -0.05) is 0 Å². The van der Waals surface area contributed by atoms with Crippen molar-refractivity contribution in [3.05, 3.63) is 54.8 Å². The Hall–Kier alpha value is -2.66. The first-order valence-corrected chi connectivity index (χ1v) is 9.32. The van der Waals surface area contributed by atoms with Gasteiger partial charge >= 0.3 is 0 Å². The number of pyridine rings is 1. The minimum atomic E-state index is 0.703. The molecule has 0 bridgehead atoms. The molecule has 0 spiro atoms. The maximum atomic E-state index is 6.06. The van der Waals surface area contributed by atoms with Crippen LogP contribution in [-0.2, 0) is 6.42 Å². The molecule has 0 N–H and O–H groups in total. The molecule has 5 nitrogen and oxygen atoms in total. The van der Waals surface area contributed by atoms with Gasteiger partial charge in [-0.2, -0.15) is 0 Å². The summed E-state index contributed by atoms with van der Waals surface area (Å²) in [5, 5.41) is 1.14. The maximum absolute atomic E-state index is 6.06. The molecular weight excluding hydrogens is 324 g/mol. The fourth-order valence-corrected chi connectivity index (χ4v) is 4.00. The number of hydrogen-bond acceptors (Lipinski definition) is 4. The van der Waals surface area contributed by atoms with Crippen molar-refractivity contribution in [1.82, 2.24) is 19.4 Å². The number of likely N-dealkylation sites (tertiary alicyclic amines) is 1. The van der Waals surface area contributed by atoms with Gasteiger partial charge in [0, 0.05) is 36.3 Å². The number of rotatable bonds is 4. The lowest BCUT2D eigenvalue weighted by atomic mass is 10.2. The molecule has 5 heteroatoms. The van der Waals surface area contributed by atoms with Gasteiger partial charge in [-0.15, -0.1) is 0 Å². The summed E-state index contributed by atoms with van der Waals surface area (Å²) in [5.41, 5.74) is 3.99. The summed E-state index contributed by atoms with van der Waals surface area (Å²) in [6.07, 6.45) is 9.07. The summed E-state index contributed by atoms with van der Waals surface area (Å²) < 4.78 is 8.13. The molecule has 0 amide bonds. The van der Waals surface area contributed by atoms with E-state index in [0.717, 1.165) is 46.4 Å². The molecule has 5 rings (SSSR count). The van der Waals surface area contributed by atoms with Gasteiger partial charge in [0.15, 0.2) is 0 Å². The third kappa shape index (κ3) is 2.69. The van der Waals surface area contributed by atoms with Crippen molar-refractivity contribution in [2.45, 2.75) is 32.2 Å². The second kappa shape index (κ2) is 6.25. The Balaban J connectivity index is 1.43. The van der Waals surface area contributed by atoms with Crippen LogP contribution in [0.25, 0.3) is 27.7 Å². The molecule has 132 valence electrons. The standard InChI is InChI=1S/C21H22N4O/c1-15-3-2-9-24(15)10-7-18-12-16-11-17(4-5-21(16)26-18)25-14-23-19-6-8-22-13-20(19)25/h4-6,8,11-15H,2-3,7,9-10H2,1H3/t15-/m1/s1. The van der Waals surface area contributed by atoms with E-state index >= 15 is 0 Å². The Morgan fingerprint density at radius 2 is 2.19 bits per heavy atom. The highest BCUT2D eigenvalue weighted by Gasteiger charge is 2.20. The van der Waals surface area contributed by atoms with E-state index in [1.165, 1.54) is 19.4 Å². The third-order valence-electron chi connectivity index (χ3n) is 5.51. The number of furan rings is 1. The van der Waals surface area contributed by atoms with Gasteiger partial charge < -0.3 is 9.32 Å². The molecule has 1 aliphatic rings. The van der Waals surface area contributed by atoms with Gasteiger partial charge in [-0.25, -0.2) is 4.98 Å². The minimum absolute atomic E-state index is 0.703. The van der Waals surface area contributed by atoms with E-state index in [1.54, 1.807) is 6.20 Å². The molecular formula is C21H22N4O. The zero-order valence-corrected chi connectivity index (χ0v) is 14.9. The largest absolute Gasteiger partial charge is 0.461 e. The first kappa shape index (κ1) is 15.6. The van der Waals surface area contributed by atoms with Crippen LogP contribution in [0.2, 0.25) is 0 Å². The summed E-state index contributed by atoms with van der Waals surface area (Å²) in [6, 6.07) is 11.1. The van der Waals surface area contributed by atoms with Gasteiger partial charge in [0.2, 0.25) is 0 Å². The van der Waals surface area contributed by atoms with Gasteiger partial charge in [0.1, 0.15) is 17.7 Å². The lowest BCUT2D eigenvalue weighted by Crippen LogP contribution is -2.28. The van der Waals surface area contributed by atoms with Crippen LogP contribution in [0.4, 0.5) is 0 Å². The molecule has 1 saturated heterocycles. The summed E-state index contributed by atoms with van der Waals surface area (Å²) in [5.74, 6) is 1.06. The molecule has 4 aromatic rings. The minimum Gasteiger partial charge on any atom is -0.461 e. The maximum Gasteiger partial charge on any atom is 0.134 e. The van der Waals surface area contributed by atoms with E-state index in [0.29, 0.717) is 6.04 Å². The van der Waals surface area contributed by atoms with Gasteiger partial charge in [-0.3, -0.25) is 9.55 Å². The number of aromatic nitrogens is 3. The van der Waals surface area contributed by atoms with Crippen molar-refractivity contribution < 1.29 is 4.42 Å². The van der Waals surface area contributed by atoms with Crippen LogP contribution < -0.4 is 0 Å². The van der Waals surface area contributed by atoms with Gasteiger partial charge in [0.05, 0.1) is 17.2 Å². The van der Waals surface area contributed by atoms with Crippen LogP contribution >= 0.6 is 0 Å². The second-order valence-electron chi connectivity index (χ2n) is 7.19. The highest BCUT2D eigenvalue weighted by molar-refractivity contribution is 5.82. The number of fused-ring (bicyclic) bond motifs is 2. The van der Waals surface area contributed by atoms with Gasteiger partial charge in [0.25, 0.3) is 0 Å². The predicted octanol–water partition coefficient (Wildman–Crippen LogP) is 4.19. The highest BCUT2D eigenvalue weighted by atomic mass is 16.3. The molecule has 1 atom stereocenters. The molecule has 0 aliphatic carbocycles. The lowest BCUT2D eigenvalue weighted by molar-refractivity contribution is 0.266. The fourth-order valence-electron chi connectivity index (χ4n) is 4.00. The number of benzene rings is 1. The molecule has 4 heterocycles. The van der Waals surface area contributed by atoms with Crippen LogP contribution in [0.15, 0.2) is 53.5 Å². The normalized spacial score (nSPS) is 18.3. The number of imidazole rings is 1. The summed E-state index contributed by atoms with van der Waals surface area (Å²) >= 11 is 0. The summed E-state index contributed by atoms with van der Waals surface area (Å²) in [7, 11) is 0. The average molecular weight is 346 g/mol. The quantitative estimate of drug-likeness (QED) is 0.556. The molecule has 1 fully saturated rings. The number of hydrogen-bond donors (Lipinski definition) is 0. The number of nitrogens with zero attached hydrogens (tertiary/aromatic N) is 4. The van der Waals surface area contributed by atoms with Crippen LogP contribution in [0, 0.1) is 0 Å². The Bertz CT molecular complexity index is 1060. The van der Waals surface area contributed by atoms with E-state index < -0.39 is 0 Å². The molecule has 0 radical (unpaired) electrons. The van der Waals surface area contributed by atoms with Crippen molar-refractivity contribution >= 4 is 22.0 Å². The molecule has 1 aromatic carbocycles. The van der Waals surface area contributed by atoms with Crippen LogP contribution in [0.3, 0.4) is 0 Å². The van der Waals surface area contributed by atoms with Crippen molar-refractivity contribution in [2.75, 3.05) is 13.1 Å². The van der Waals surface area contributed by atoms with Crippen LogP contribution in [0.1, 0.15) is 25.5 Å². The SMILES string of the molecule is C[C@@H]1CCCN1CCc1cc2cc(-n3cnc4ccncc43)ccc2o1. The van der Waals surface area contributed by atoms with E-state index in [-0.39, 0.29) is 0 Å². The monoisotopic (exact) mass is 346 g/mol. The van der Waals surface area contributed by atoms with Crippen LogP contribution in [-0.4, -0.2) is 38.6 Å².